The SMILES string of the molecule is CCOc1cccc(CNC(C)(C)C)c1OCC(=O)OC. The topological polar surface area (TPSA) is 56.8 Å². The second-order valence-electron chi connectivity index (χ2n) is 5.65. The van der Waals surface area contributed by atoms with Crippen LogP contribution in [0.5, 0.6) is 11.5 Å². The molecule has 1 N–H and O–H groups in total. The van der Waals surface area contributed by atoms with Crippen LogP contribution in [0.2, 0.25) is 0 Å². The van der Waals surface area contributed by atoms with Crippen molar-refractivity contribution in [2.24, 2.45) is 0 Å². The molecule has 0 aliphatic heterocycles. The van der Waals surface area contributed by atoms with Crippen molar-refractivity contribution in [1.82, 2.24) is 5.32 Å². The van der Waals surface area contributed by atoms with Gasteiger partial charge < -0.3 is 19.5 Å². The van der Waals surface area contributed by atoms with E-state index in [9.17, 15) is 4.79 Å². The van der Waals surface area contributed by atoms with E-state index in [0.29, 0.717) is 24.7 Å². The first kappa shape index (κ1) is 17.3. The van der Waals surface area contributed by atoms with Gasteiger partial charge in [0.25, 0.3) is 0 Å². The van der Waals surface area contributed by atoms with Gasteiger partial charge in [-0.2, -0.15) is 0 Å². The molecule has 0 unspecified atom stereocenters. The Labute approximate surface area is 126 Å². The quantitative estimate of drug-likeness (QED) is 0.783. The fourth-order valence-electron chi connectivity index (χ4n) is 1.68. The highest BCUT2D eigenvalue weighted by Crippen LogP contribution is 2.31. The monoisotopic (exact) mass is 295 g/mol. The van der Waals surface area contributed by atoms with Crippen molar-refractivity contribution in [3.05, 3.63) is 23.8 Å². The zero-order chi connectivity index (χ0) is 15.9. The third-order valence-electron chi connectivity index (χ3n) is 2.73. The summed E-state index contributed by atoms with van der Waals surface area (Å²) in [5, 5.41) is 3.40. The summed E-state index contributed by atoms with van der Waals surface area (Å²) in [5.74, 6) is 0.798. The van der Waals surface area contributed by atoms with E-state index in [1.54, 1.807) is 0 Å². The lowest BCUT2D eigenvalue weighted by molar-refractivity contribution is -0.142. The van der Waals surface area contributed by atoms with Crippen molar-refractivity contribution < 1.29 is 19.0 Å². The molecule has 5 nitrogen and oxygen atoms in total. The van der Waals surface area contributed by atoms with Gasteiger partial charge in [-0.1, -0.05) is 12.1 Å². The third-order valence-corrected chi connectivity index (χ3v) is 2.73. The highest BCUT2D eigenvalue weighted by atomic mass is 16.6. The normalized spacial score (nSPS) is 11.1. The maximum Gasteiger partial charge on any atom is 0.343 e. The molecular formula is C16H25NO4. The summed E-state index contributed by atoms with van der Waals surface area (Å²) in [6.07, 6.45) is 0. The van der Waals surface area contributed by atoms with Crippen LogP contribution in [0.3, 0.4) is 0 Å². The summed E-state index contributed by atoms with van der Waals surface area (Å²) in [4.78, 5) is 11.3. The fourth-order valence-corrected chi connectivity index (χ4v) is 1.68. The van der Waals surface area contributed by atoms with Crippen molar-refractivity contribution in [2.75, 3.05) is 20.3 Å². The Balaban J connectivity index is 2.93. The molecule has 0 aliphatic carbocycles. The summed E-state index contributed by atoms with van der Waals surface area (Å²) in [6.45, 7) is 9.20. The van der Waals surface area contributed by atoms with E-state index in [1.807, 2.05) is 25.1 Å². The van der Waals surface area contributed by atoms with E-state index in [0.717, 1.165) is 5.56 Å². The molecule has 0 amide bonds. The summed E-state index contributed by atoms with van der Waals surface area (Å²) in [6, 6.07) is 5.69. The number of esters is 1. The predicted octanol–water partition coefficient (Wildman–Crippen LogP) is 2.53. The van der Waals surface area contributed by atoms with E-state index in [1.165, 1.54) is 7.11 Å². The van der Waals surface area contributed by atoms with E-state index in [-0.39, 0.29) is 12.1 Å². The van der Waals surface area contributed by atoms with Crippen LogP contribution in [0.1, 0.15) is 33.3 Å². The van der Waals surface area contributed by atoms with Crippen LogP contribution in [0.25, 0.3) is 0 Å². The van der Waals surface area contributed by atoms with Crippen LogP contribution in [0, 0.1) is 0 Å². The number of hydrogen-bond acceptors (Lipinski definition) is 5. The van der Waals surface area contributed by atoms with Crippen molar-refractivity contribution in [2.45, 2.75) is 39.8 Å². The molecule has 0 heterocycles. The third kappa shape index (κ3) is 6.04. The number of benzene rings is 1. The first-order valence-corrected chi connectivity index (χ1v) is 7.06. The molecule has 0 saturated carbocycles. The van der Waals surface area contributed by atoms with Gasteiger partial charge in [0.2, 0.25) is 0 Å². The minimum atomic E-state index is -0.420. The molecule has 1 aromatic carbocycles. The van der Waals surface area contributed by atoms with Gasteiger partial charge in [-0.05, 0) is 33.8 Å². The smallest absolute Gasteiger partial charge is 0.343 e. The highest BCUT2D eigenvalue weighted by Gasteiger charge is 2.15. The molecule has 0 bridgehead atoms. The van der Waals surface area contributed by atoms with E-state index >= 15 is 0 Å². The standard InChI is InChI=1S/C16H25NO4/c1-6-20-13-9-7-8-12(10-17-16(2,3)4)15(13)21-11-14(18)19-5/h7-9,17H,6,10-11H2,1-5H3. The number of ether oxygens (including phenoxy) is 3. The zero-order valence-corrected chi connectivity index (χ0v) is 13.5. The van der Waals surface area contributed by atoms with Crippen LogP contribution in [0.4, 0.5) is 0 Å². The molecule has 1 rings (SSSR count). The minimum absolute atomic E-state index is 0.0127. The van der Waals surface area contributed by atoms with Crippen LogP contribution in [-0.4, -0.2) is 31.8 Å². The van der Waals surface area contributed by atoms with Gasteiger partial charge in [-0.3, -0.25) is 0 Å². The molecular weight excluding hydrogens is 270 g/mol. The largest absolute Gasteiger partial charge is 0.490 e. The lowest BCUT2D eigenvalue weighted by Crippen LogP contribution is -2.35. The van der Waals surface area contributed by atoms with E-state index < -0.39 is 5.97 Å². The molecule has 0 aliphatic rings. The van der Waals surface area contributed by atoms with Gasteiger partial charge in [-0.25, -0.2) is 4.79 Å². The molecule has 118 valence electrons. The van der Waals surface area contributed by atoms with Gasteiger partial charge in [0, 0.05) is 17.6 Å². The molecule has 5 heteroatoms. The first-order valence-electron chi connectivity index (χ1n) is 7.06. The second kappa shape index (κ2) is 7.88. The van der Waals surface area contributed by atoms with Gasteiger partial charge in [-0.15, -0.1) is 0 Å². The van der Waals surface area contributed by atoms with Gasteiger partial charge in [0.1, 0.15) is 0 Å². The van der Waals surface area contributed by atoms with Crippen LogP contribution < -0.4 is 14.8 Å². The van der Waals surface area contributed by atoms with E-state index in [2.05, 4.69) is 30.8 Å². The van der Waals surface area contributed by atoms with Crippen LogP contribution in [-0.2, 0) is 16.1 Å². The second-order valence-corrected chi connectivity index (χ2v) is 5.65. The van der Waals surface area contributed by atoms with Gasteiger partial charge >= 0.3 is 5.97 Å². The number of para-hydroxylation sites is 1. The number of hydrogen-bond donors (Lipinski definition) is 1. The molecule has 0 radical (unpaired) electrons. The predicted molar refractivity (Wildman–Crippen MR) is 81.7 cm³/mol. The Morgan fingerprint density at radius 1 is 1.24 bits per heavy atom. The Morgan fingerprint density at radius 3 is 2.52 bits per heavy atom. The van der Waals surface area contributed by atoms with Crippen molar-refractivity contribution in [3.8, 4) is 11.5 Å². The van der Waals surface area contributed by atoms with Gasteiger partial charge in [0.15, 0.2) is 18.1 Å². The Bertz CT molecular complexity index is 466. The number of nitrogens with one attached hydrogen (secondary N) is 1. The summed E-state index contributed by atoms with van der Waals surface area (Å²) in [5.41, 5.74) is 0.932. The minimum Gasteiger partial charge on any atom is -0.490 e. The summed E-state index contributed by atoms with van der Waals surface area (Å²) in [7, 11) is 1.34. The van der Waals surface area contributed by atoms with Crippen molar-refractivity contribution in [1.29, 1.82) is 0 Å². The summed E-state index contributed by atoms with van der Waals surface area (Å²) < 4.78 is 15.8. The Hall–Kier alpha value is -1.75. The van der Waals surface area contributed by atoms with E-state index in [4.69, 9.17) is 9.47 Å². The highest BCUT2D eigenvalue weighted by molar-refractivity contribution is 5.71. The fraction of sp³-hybridized carbons (Fsp3) is 0.562. The van der Waals surface area contributed by atoms with Crippen LogP contribution in [0.15, 0.2) is 18.2 Å². The van der Waals surface area contributed by atoms with Crippen LogP contribution >= 0.6 is 0 Å². The average molecular weight is 295 g/mol. The number of carbonyl (C=O) groups excluding carboxylic acids is 1. The summed E-state index contributed by atoms with van der Waals surface area (Å²) >= 11 is 0. The van der Waals surface area contributed by atoms with Crippen molar-refractivity contribution >= 4 is 5.97 Å². The Morgan fingerprint density at radius 2 is 1.95 bits per heavy atom. The van der Waals surface area contributed by atoms with Crippen molar-refractivity contribution in [3.63, 3.8) is 0 Å². The molecule has 1 aromatic rings. The molecule has 0 saturated heterocycles. The molecule has 0 atom stereocenters. The zero-order valence-electron chi connectivity index (χ0n) is 13.5. The number of rotatable bonds is 7. The molecule has 0 spiro atoms. The molecule has 0 fully saturated rings. The first-order chi connectivity index (χ1) is 9.87. The maximum absolute atomic E-state index is 11.3. The lowest BCUT2D eigenvalue weighted by Gasteiger charge is -2.22. The molecule has 21 heavy (non-hydrogen) atoms. The number of carbonyl (C=O) groups is 1. The lowest BCUT2D eigenvalue weighted by atomic mass is 10.1. The number of methoxy groups -OCH3 is 1. The maximum atomic E-state index is 11.3. The molecule has 0 aromatic heterocycles. The van der Waals surface area contributed by atoms with Gasteiger partial charge in [0.05, 0.1) is 13.7 Å². The Kier molecular flexibility index (Phi) is 6.49. The average Bonchev–Trinajstić information content (AvgIpc) is 2.43.